The summed E-state index contributed by atoms with van der Waals surface area (Å²) in [5, 5.41) is 0. The summed E-state index contributed by atoms with van der Waals surface area (Å²) in [7, 11) is 1.42. The van der Waals surface area contributed by atoms with E-state index in [1.165, 1.54) is 12.8 Å². The highest BCUT2D eigenvalue weighted by Crippen LogP contribution is 2.43. The summed E-state index contributed by atoms with van der Waals surface area (Å²) in [6.07, 6.45) is 53.1. The second-order valence-electron chi connectivity index (χ2n) is 15.7. The van der Waals surface area contributed by atoms with Gasteiger partial charge in [-0.25, -0.2) is 4.57 Å². The summed E-state index contributed by atoms with van der Waals surface area (Å²) in [5.74, 6) is -0.877. The van der Waals surface area contributed by atoms with E-state index in [0.717, 1.165) is 96.3 Å². The Balaban J connectivity index is 4.48. The number of phosphoric ester groups is 1. The molecule has 0 aromatic carbocycles. The average Bonchev–Trinajstić information content (AvgIpc) is 3.19. The van der Waals surface area contributed by atoms with Gasteiger partial charge in [0.05, 0.1) is 27.7 Å². The van der Waals surface area contributed by atoms with Gasteiger partial charge in [-0.1, -0.05) is 143 Å². The average molecular weight is 845 g/mol. The number of carbonyl (C=O) groups is 2. The summed E-state index contributed by atoms with van der Waals surface area (Å²) in [4.78, 5) is 35.4. The maximum Gasteiger partial charge on any atom is 0.472 e. The minimum atomic E-state index is -4.40. The minimum absolute atomic E-state index is 0.0149. The predicted molar refractivity (Wildman–Crippen MR) is 247 cm³/mol. The van der Waals surface area contributed by atoms with Crippen LogP contribution in [0.25, 0.3) is 0 Å². The van der Waals surface area contributed by atoms with E-state index in [4.69, 9.17) is 18.5 Å². The van der Waals surface area contributed by atoms with Gasteiger partial charge in [0.2, 0.25) is 0 Å². The number of hydrogen-bond acceptors (Lipinski definition) is 7. The van der Waals surface area contributed by atoms with Gasteiger partial charge in [0.15, 0.2) is 6.10 Å². The first-order valence-corrected chi connectivity index (χ1v) is 24.0. The molecule has 0 rings (SSSR count). The molecule has 0 saturated heterocycles. The van der Waals surface area contributed by atoms with Crippen LogP contribution in [0.2, 0.25) is 0 Å². The lowest BCUT2D eigenvalue weighted by molar-refractivity contribution is -0.870. The summed E-state index contributed by atoms with van der Waals surface area (Å²) >= 11 is 0. The molecule has 0 aliphatic carbocycles. The summed E-state index contributed by atoms with van der Waals surface area (Å²) in [5.41, 5.74) is 0. The molecule has 0 aliphatic rings. The fourth-order valence-corrected chi connectivity index (χ4v) is 6.07. The molecule has 0 bridgehead atoms. The number of unbranched alkanes of at least 4 members (excludes halogenated alkanes) is 9. The van der Waals surface area contributed by atoms with Crippen LogP contribution < -0.4 is 0 Å². The van der Waals surface area contributed by atoms with E-state index in [-0.39, 0.29) is 26.1 Å². The van der Waals surface area contributed by atoms with Crippen LogP contribution in [-0.2, 0) is 32.7 Å². The number of rotatable bonds is 39. The van der Waals surface area contributed by atoms with Crippen LogP contribution in [0.1, 0.15) is 149 Å². The molecule has 0 saturated carbocycles. The maximum absolute atomic E-state index is 12.7. The molecule has 336 valence electrons. The number of quaternary nitrogens is 1. The van der Waals surface area contributed by atoms with Crippen molar-refractivity contribution in [1.29, 1.82) is 0 Å². The number of hydrogen-bond donors (Lipinski definition) is 1. The molecular weight excluding hydrogens is 762 g/mol. The van der Waals surface area contributed by atoms with Crippen molar-refractivity contribution in [3.63, 3.8) is 0 Å². The van der Waals surface area contributed by atoms with E-state index in [9.17, 15) is 19.0 Å². The fourth-order valence-electron chi connectivity index (χ4n) is 5.33. The van der Waals surface area contributed by atoms with Gasteiger partial charge < -0.3 is 18.9 Å². The molecule has 0 amide bonds. The Kier molecular flexibility index (Phi) is 38.2. The predicted octanol–water partition coefficient (Wildman–Crippen LogP) is 13.0. The van der Waals surface area contributed by atoms with E-state index in [1.54, 1.807) is 0 Å². The van der Waals surface area contributed by atoms with Crippen LogP contribution in [0.4, 0.5) is 0 Å². The molecule has 10 heteroatoms. The second kappa shape index (κ2) is 40.3. The van der Waals surface area contributed by atoms with Gasteiger partial charge in [0, 0.05) is 12.8 Å². The van der Waals surface area contributed by atoms with Gasteiger partial charge in [-0.15, -0.1) is 0 Å². The van der Waals surface area contributed by atoms with Crippen LogP contribution in [0.3, 0.4) is 0 Å². The van der Waals surface area contributed by atoms with Crippen LogP contribution >= 0.6 is 7.82 Å². The van der Waals surface area contributed by atoms with Crippen molar-refractivity contribution in [3.05, 3.63) is 97.2 Å². The lowest BCUT2D eigenvalue weighted by Gasteiger charge is -2.24. The van der Waals surface area contributed by atoms with Crippen molar-refractivity contribution in [2.24, 2.45) is 0 Å². The Morgan fingerprint density at radius 3 is 1.47 bits per heavy atom. The van der Waals surface area contributed by atoms with Gasteiger partial charge in [0.25, 0.3) is 0 Å². The van der Waals surface area contributed by atoms with Crippen molar-refractivity contribution >= 4 is 19.8 Å². The lowest BCUT2D eigenvalue weighted by Crippen LogP contribution is -2.37. The molecule has 0 aromatic rings. The molecule has 0 aliphatic heterocycles. The molecule has 0 fully saturated rings. The zero-order valence-electron chi connectivity index (χ0n) is 37.7. The van der Waals surface area contributed by atoms with Gasteiger partial charge in [-0.05, 0) is 89.9 Å². The fraction of sp³-hybridized carbons (Fsp3) is 0.633. The minimum Gasteiger partial charge on any atom is -0.462 e. The van der Waals surface area contributed by atoms with Crippen LogP contribution in [0.15, 0.2) is 97.2 Å². The van der Waals surface area contributed by atoms with Gasteiger partial charge in [0.1, 0.15) is 19.8 Å². The quantitative estimate of drug-likeness (QED) is 0.0214. The molecule has 1 N–H and O–H groups in total. The molecule has 0 radical (unpaired) electrons. The van der Waals surface area contributed by atoms with Gasteiger partial charge in [-0.3, -0.25) is 18.6 Å². The van der Waals surface area contributed by atoms with Crippen molar-refractivity contribution in [3.8, 4) is 0 Å². The summed E-state index contributed by atoms with van der Waals surface area (Å²) < 4.78 is 34.2. The topological polar surface area (TPSA) is 108 Å². The number of phosphoric acid groups is 1. The molecule has 0 spiro atoms. The third-order valence-corrected chi connectivity index (χ3v) is 9.83. The first kappa shape index (κ1) is 55.9. The smallest absolute Gasteiger partial charge is 0.462 e. The normalized spacial score (nSPS) is 14.5. The second-order valence-corrected chi connectivity index (χ2v) is 17.1. The molecule has 0 aromatic heterocycles. The summed E-state index contributed by atoms with van der Waals surface area (Å²) in [6, 6.07) is 0. The summed E-state index contributed by atoms with van der Waals surface area (Å²) in [6.45, 7) is 4.17. The third-order valence-electron chi connectivity index (χ3n) is 8.85. The van der Waals surface area contributed by atoms with E-state index in [1.807, 2.05) is 21.1 Å². The first-order chi connectivity index (χ1) is 28.5. The number of allylic oxidation sites excluding steroid dienone is 16. The molecule has 2 atom stereocenters. The zero-order chi connectivity index (χ0) is 43.6. The lowest BCUT2D eigenvalue weighted by atomic mass is 10.1. The van der Waals surface area contributed by atoms with E-state index in [2.05, 4.69) is 111 Å². The standard InChI is InChI=1S/C49H82NO8P/c1-6-8-10-12-14-16-18-20-22-23-24-25-26-27-28-30-32-34-36-38-40-42-49(52)58-47(46-57-59(53,54)56-44-43-50(3,4)5)45-55-48(51)41-39-37-35-33-31-29-21-19-17-15-13-11-9-7-2/h8,10,13-16,19-22,24-25,27-28,32,34,47H,6-7,9,11-12,17-18,23,26,29-31,33,35-46H2,1-5H3/p+1/b10-8-,15-13-,16-14-,21-19-,22-20-,25-24-,28-27-,34-32-. The van der Waals surface area contributed by atoms with E-state index < -0.39 is 32.5 Å². The van der Waals surface area contributed by atoms with E-state index in [0.29, 0.717) is 23.9 Å². The number of carbonyl (C=O) groups excluding carboxylic acids is 2. The highest BCUT2D eigenvalue weighted by molar-refractivity contribution is 7.47. The Hall–Kier alpha value is -3.07. The van der Waals surface area contributed by atoms with Gasteiger partial charge >= 0.3 is 19.8 Å². The number of likely N-dealkylation sites (N-methyl/N-ethyl adjacent to an activating group) is 1. The number of nitrogens with zero attached hydrogens (tertiary/aromatic N) is 1. The van der Waals surface area contributed by atoms with Crippen LogP contribution in [-0.4, -0.2) is 74.9 Å². The Bertz CT molecular complexity index is 1320. The zero-order valence-corrected chi connectivity index (χ0v) is 38.6. The van der Waals surface area contributed by atoms with Crippen molar-refractivity contribution < 1.29 is 42.1 Å². The highest BCUT2D eigenvalue weighted by Gasteiger charge is 2.27. The number of ether oxygens (including phenoxy) is 2. The SMILES string of the molecule is CC/C=C\C/C=C\C/C=C\C/C=C\C/C=C\C/C=C\CCCCC(=O)OC(COC(=O)CCCCCCC/C=C\C/C=C\CCCC)COP(=O)(O)OCC[N+](C)(C)C. The number of esters is 2. The van der Waals surface area contributed by atoms with Crippen LogP contribution in [0.5, 0.6) is 0 Å². The van der Waals surface area contributed by atoms with E-state index >= 15 is 0 Å². The van der Waals surface area contributed by atoms with Crippen molar-refractivity contribution in [1.82, 2.24) is 0 Å². The highest BCUT2D eigenvalue weighted by atomic mass is 31.2. The Labute approximate surface area is 360 Å². The Morgan fingerprint density at radius 2 is 0.966 bits per heavy atom. The third kappa shape index (κ3) is 44.3. The molecule has 9 nitrogen and oxygen atoms in total. The first-order valence-electron chi connectivity index (χ1n) is 22.5. The Morgan fingerprint density at radius 1 is 0.542 bits per heavy atom. The maximum atomic E-state index is 12.7. The molecular formula is C49H83NO8P+. The van der Waals surface area contributed by atoms with Crippen LogP contribution in [0, 0.1) is 0 Å². The van der Waals surface area contributed by atoms with Gasteiger partial charge in [-0.2, -0.15) is 0 Å². The molecule has 2 unspecified atom stereocenters. The van der Waals surface area contributed by atoms with Crippen molar-refractivity contribution in [2.45, 2.75) is 155 Å². The molecule has 0 heterocycles. The monoisotopic (exact) mass is 845 g/mol. The largest absolute Gasteiger partial charge is 0.472 e. The molecule has 59 heavy (non-hydrogen) atoms. The van der Waals surface area contributed by atoms with Crippen molar-refractivity contribution in [2.75, 3.05) is 47.5 Å².